The minimum absolute atomic E-state index is 0.201. The highest BCUT2D eigenvalue weighted by molar-refractivity contribution is 5.33. The van der Waals surface area contributed by atoms with Crippen LogP contribution in [-0.4, -0.2) is 32.3 Å². The van der Waals surface area contributed by atoms with Crippen molar-refractivity contribution >= 4 is 0 Å². The first-order valence-corrected chi connectivity index (χ1v) is 8.97. The van der Waals surface area contributed by atoms with Crippen LogP contribution in [0.3, 0.4) is 0 Å². The Hall–Kier alpha value is -1.22. The molecule has 0 amide bonds. The molecular formula is C19H32NO2+. The van der Waals surface area contributed by atoms with E-state index in [1.165, 1.54) is 51.7 Å². The van der Waals surface area contributed by atoms with Crippen LogP contribution in [0.2, 0.25) is 0 Å². The lowest BCUT2D eigenvalue weighted by molar-refractivity contribution is -0.899. The zero-order valence-electron chi connectivity index (χ0n) is 14.3. The van der Waals surface area contributed by atoms with Crippen molar-refractivity contribution in [3.8, 4) is 11.5 Å². The monoisotopic (exact) mass is 306 g/mol. The van der Waals surface area contributed by atoms with Crippen molar-refractivity contribution in [1.82, 2.24) is 0 Å². The summed E-state index contributed by atoms with van der Waals surface area (Å²) in [6.07, 6.45) is 8.29. The van der Waals surface area contributed by atoms with Crippen molar-refractivity contribution in [2.24, 2.45) is 0 Å². The zero-order valence-corrected chi connectivity index (χ0v) is 14.3. The van der Waals surface area contributed by atoms with Crippen LogP contribution < -0.4 is 14.4 Å². The van der Waals surface area contributed by atoms with Crippen molar-refractivity contribution in [2.45, 2.75) is 58.5 Å². The SMILES string of the molecule is CC(C)Oc1cccc(OCCCC[NH+]2CCCCCC2)c1. The van der Waals surface area contributed by atoms with Gasteiger partial charge in [0.2, 0.25) is 0 Å². The number of hydrogen-bond acceptors (Lipinski definition) is 2. The molecule has 1 saturated heterocycles. The average molecular weight is 306 g/mol. The van der Waals surface area contributed by atoms with E-state index in [0.717, 1.165) is 24.5 Å². The van der Waals surface area contributed by atoms with Crippen molar-refractivity contribution < 1.29 is 14.4 Å². The highest BCUT2D eigenvalue weighted by Crippen LogP contribution is 2.20. The number of quaternary nitrogens is 1. The van der Waals surface area contributed by atoms with Gasteiger partial charge in [-0.1, -0.05) is 6.07 Å². The maximum atomic E-state index is 5.85. The summed E-state index contributed by atoms with van der Waals surface area (Å²) >= 11 is 0. The number of benzene rings is 1. The van der Waals surface area contributed by atoms with Crippen molar-refractivity contribution in [3.05, 3.63) is 24.3 Å². The predicted octanol–water partition coefficient (Wildman–Crippen LogP) is 3.09. The van der Waals surface area contributed by atoms with Crippen molar-refractivity contribution in [2.75, 3.05) is 26.2 Å². The molecule has 0 unspecified atom stereocenters. The van der Waals surface area contributed by atoms with Gasteiger partial charge >= 0.3 is 0 Å². The summed E-state index contributed by atoms with van der Waals surface area (Å²) in [7, 11) is 0. The van der Waals surface area contributed by atoms with Gasteiger partial charge in [-0.2, -0.15) is 0 Å². The third-order valence-corrected chi connectivity index (χ3v) is 4.18. The van der Waals surface area contributed by atoms with Crippen LogP contribution in [0.15, 0.2) is 24.3 Å². The number of likely N-dealkylation sites (tertiary alicyclic amines) is 1. The van der Waals surface area contributed by atoms with Crippen LogP contribution in [0.5, 0.6) is 11.5 Å². The molecular weight excluding hydrogens is 274 g/mol. The Balaban J connectivity index is 1.61. The molecule has 3 nitrogen and oxygen atoms in total. The Labute approximate surface area is 135 Å². The molecule has 0 saturated carbocycles. The maximum Gasteiger partial charge on any atom is 0.123 e. The van der Waals surface area contributed by atoms with Crippen LogP contribution in [-0.2, 0) is 0 Å². The molecule has 1 aliphatic rings. The predicted molar refractivity (Wildman–Crippen MR) is 91.0 cm³/mol. The maximum absolute atomic E-state index is 5.85. The first kappa shape index (κ1) is 17.1. The lowest BCUT2D eigenvalue weighted by atomic mass is 10.2. The van der Waals surface area contributed by atoms with Gasteiger partial charge in [0.1, 0.15) is 11.5 Å². The molecule has 1 fully saturated rings. The summed E-state index contributed by atoms with van der Waals surface area (Å²) in [5.74, 6) is 1.81. The van der Waals surface area contributed by atoms with E-state index in [1.54, 1.807) is 4.90 Å². The van der Waals surface area contributed by atoms with Crippen LogP contribution in [0.25, 0.3) is 0 Å². The summed E-state index contributed by atoms with van der Waals surface area (Å²) in [4.78, 5) is 1.80. The van der Waals surface area contributed by atoms with Crippen LogP contribution in [0, 0.1) is 0 Å². The van der Waals surface area contributed by atoms with E-state index in [4.69, 9.17) is 9.47 Å². The Bertz CT molecular complexity index is 412. The first-order chi connectivity index (χ1) is 10.7. The second-order valence-corrected chi connectivity index (χ2v) is 6.61. The highest BCUT2D eigenvalue weighted by atomic mass is 16.5. The molecule has 0 atom stereocenters. The molecule has 22 heavy (non-hydrogen) atoms. The Kier molecular flexibility index (Phi) is 7.58. The van der Waals surface area contributed by atoms with Crippen LogP contribution >= 0.6 is 0 Å². The molecule has 124 valence electrons. The zero-order chi connectivity index (χ0) is 15.6. The van der Waals surface area contributed by atoms with E-state index in [1.807, 2.05) is 38.1 Å². The van der Waals surface area contributed by atoms with E-state index in [0.29, 0.717) is 0 Å². The molecule has 0 radical (unpaired) electrons. The summed E-state index contributed by atoms with van der Waals surface area (Å²) in [6.45, 7) is 8.93. The minimum atomic E-state index is 0.201. The summed E-state index contributed by atoms with van der Waals surface area (Å²) in [5, 5.41) is 0. The quantitative estimate of drug-likeness (QED) is 0.746. The molecule has 1 aromatic rings. The fourth-order valence-corrected chi connectivity index (χ4v) is 3.06. The smallest absolute Gasteiger partial charge is 0.123 e. The Morgan fingerprint density at radius 1 is 1.00 bits per heavy atom. The average Bonchev–Trinajstić information content (AvgIpc) is 2.75. The topological polar surface area (TPSA) is 22.9 Å². The lowest BCUT2D eigenvalue weighted by Gasteiger charge is -2.16. The molecule has 1 heterocycles. The van der Waals surface area contributed by atoms with Crippen molar-refractivity contribution in [3.63, 3.8) is 0 Å². The van der Waals surface area contributed by atoms with Gasteiger partial charge < -0.3 is 14.4 Å². The number of nitrogens with one attached hydrogen (secondary N) is 1. The van der Waals surface area contributed by atoms with Crippen LogP contribution in [0.1, 0.15) is 52.4 Å². The number of rotatable bonds is 8. The number of unbranched alkanes of at least 4 members (excludes halogenated alkanes) is 1. The molecule has 1 aromatic carbocycles. The third kappa shape index (κ3) is 6.69. The number of hydrogen-bond donors (Lipinski definition) is 1. The van der Waals surface area contributed by atoms with Gasteiger partial charge in [-0.15, -0.1) is 0 Å². The van der Waals surface area contributed by atoms with Gasteiger partial charge in [-0.25, -0.2) is 0 Å². The van der Waals surface area contributed by atoms with Gasteiger partial charge in [-0.05, 0) is 64.5 Å². The third-order valence-electron chi connectivity index (χ3n) is 4.18. The fourth-order valence-electron chi connectivity index (χ4n) is 3.06. The Morgan fingerprint density at radius 2 is 1.73 bits per heavy atom. The fraction of sp³-hybridized carbons (Fsp3) is 0.684. The summed E-state index contributed by atoms with van der Waals surface area (Å²) in [5.41, 5.74) is 0. The molecule has 1 N–H and O–H groups in total. The van der Waals surface area contributed by atoms with Gasteiger partial charge in [0, 0.05) is 6.07 Å². The van der Waals surface area contributed by atoms with Crippen LogP contribution in [0.4, 0.5) is 0 Å². The lowest BCUT2D eigenvalue weighted by Crippen LogP contribution is -3.11. The molecule has 0 aromatic heterocycles. The molecule has 3 heteroatoms. The van der Waals surface area contributed by atoms with Gasteiger partial charge in [-0.3, -0.25) is 0 Å². The molecule has 1 aliphatic heterocycles. The second kappa shape index (κ2) is 9.73. The van der Waals surface area contributed by atoms with Gasteiger partial charge in [0.05, 0.1) is 32.3 Å². The summed E-state index contributed by atoms with van der Waals surface area (Å²) < 4.78 is 11.5. The highest BCUT2D eigenvalue weighted by Gasteiger charge is 2.11. The van der Waals surface area contributed by atoms with Gasteiger partial charge in [0.25, 0.3) is 0 Å². The van der Waals surface area contributed by atoms with E-state index in [-0.39, 0.29) is 6.10 Å². The number of ether oxygens (including phenoxy) is 2. The van der Waals surface area contributed by atoms with E-state index >= 15 is 0 Å². The van der Waals surface area contributed by atoms with E-state index in [2.05, 4.69) is 0 Å². The molecule has 0 bridgehead atoms. The van der Waals surface area contributed by atoms with E-state index in [9.17, 15) is 0 Å². The van der Waals surface area contributed by atoms with E-state index < -0.39 is 0 Å². The first-order valence-electron chi connectivity index (χ1n) is 8.97. The van der Waals surface area contributed by atoms with Crippen molar-refractivity contribution in [1.29, 1.82) is 0 Å². The molecule has 0 aliphatic carbocycles. The largest absolute Gasteiger partial charge is 0.493 e. The Morgan fingerprint density at radius 3 is 2.45 bits per heavy atom. The second-order valence-electron chi connectivity index (χ2n) is 6.61. The summed E-state index contributed by atoms with van der Waals surface area (Å²) in [6, 6.07) is 7.97. The van der Waals surface area contributed by atoms with Gasteiger partial charge in [0.15, 0.2) is 0 Å². The standard InChI is InChI=1S/C19H31NO2/c1-17(2)22-19-11-9-10-18(16-19)21-15-8-7-14-20-12-5-3-4-6-13-20/h9-11,16-17H,3-8,12-15H2,1-2H3/p+1. The molecule has 0 spiro atoms. The molecule has 2 rings (SSSR count). The normalized spacial score (nSPS) is 16.5. The minimum Gasteiger partial charge on any atom is -0.493 e.